The predicted octanol–water partition coefficient (Wildman–Crippen LogP) is 4.42. The van der Waals surface area contributed by atoms with E-state index in [4.69, 9.17) is 0 Å². The molecule has 0 aromatic rings. The van der Waals surface area contributed by atoms with Crippen molar-refractivity contribution in [2.24, 2.45) is 28.6 Å². The van der Waals surface area contributed by atoms with Gasteiger partial charge in [0, 0.05) is 11.3 Å². The minimum Gasteiger partial charge on any atom is -0.300 e. The van der Waals surface area contributed by atoms with Gasteiger partial charge in [0.1, 0.15) is 5.78 Å². The van der Waals surface area contributed by atoms with E-state index in [9.17, 15) is 9.59 Å². The quantitative estimate of drug-likeness (QED) is 0.672. The number of Topliss-reactive ketones (excluding diaryl/α,β-unsaturated/α-hetero) is 1. The highest BCUT2D eigenvalue weighted by molar-refractivity contribution is 6.01. The lowest BCUT2D eigenvalue weighted by atomic mass is 9.52. The van der Waals surface area contributed by atoms with Gasteiger partial charge in [-0.2, -0.15) is 0 Å². The molecule has 0 heterocycles. The molecule has 0 radical (unpaired) electrons. The van der Waals surface area contributed by atoms with Crippen LogP contribution in [-0.2, 0) is 9.59 Å². The number of allylic oxidation sites excluding steroid dienone is 6. The summed E-state index contributed by atoms with van der Waals surface area (Å²) in [5, 5.41) is 0. The third-order valence-corrected chi connectivity index (χ3v) is 7.44. The minimum atomic E-state index is -0.0630. The zero-order chi connectivity index (χ0) is 16.4. The van der Waals surface area contributed by atoms with Gasteiger partial charge in [-0.3, -0.25) is 9.59 Å². The van der Waals surface area contributed by atoms with Crippen LogP contribution in [0.15, 0.2) is 35.5 Å². The molecule has 5 atom stereocenters. The molecular formula is C21H26O2. The van der Waals surface area contributed by atoms with Crippen LogP contribution in [0.1, 0.15) is 52.9 Å². The molecule has 23 heavy (non-hydrogen) atoms. The Morgan fingerprint density at radius 2 is 2.00 bits per heavy atom. The van der Waals surface area contributed by atoms with E-state index in [0.717, 1.165) is 25.7 Å². The number of hydrogen-bond acceptors (Lipinski definition) is 2. The van der Waals surface area contributed by atoms with Gasteiger partial charge in [-0.15, -0.1) is 0 Å². The highest BCUT2D eigenvalue weighted by Crippen LogP contribution is 2.63. The molecule has 2 fully saturated rings. The molecule has 0 bridgehead atoms. The van der Waals surface area contributed by atoms with Crippen LogP contribution in [-0.4, -0.2) is 11.6 Å². The van der Waals surface area contributed by atoms with E-state index >= 15 is 0 Å². The van der Waals surface area contributed by atoms with E-state index < -0.39 is 0 Å². The first kappa shape index (κ1) is 15.1. The largest absolute Gasteiger partial charge is 0.300 e. The monoisotopic (exact) mass is 310 g/mol. The number of carbonyl (C=O) groups is 2. The second kappa shape index (κ2) is 4.78. The summed E-state index contributed by atoms with van der Waals surface area (Å²) in [5.41, 5.74) is 2.89. The summed E-state index contributed by atoms with van der Waals surface area (Å²) >= 11 is 0. The summed E-state index contributed by atoms with van der Waals surface area (Å²) in [6, 6.07) is 0. The van der Waals surface area contributed by atoms with E-state index in [-0.39, 0.29) is 22.5 Å². The molecule has 4 aliphatic carbocycles. The Balaban J connectivity index is 1.76. The predicted molar refractivity (Wildman–Crippen MR) is 90.8 cm³/mol. The van der Waals surface area contributed by atoms with Crippen LogP contribution in [0, 0.1) is 28.6 Å². The maximum absolute atomic E-state index is 12.1. The zero-order valence-electron chi connectivity index (χ0n) is 14.4. The average Bonchev–Trinajstić information content (AvgIpc) is 2.85. The maximum atomic E-state index is 12.1. The number of ketones is 2. The topological polar surface area (TPSA) is 34.1 Å². The number of hydrogen-bond donors (Lipinski definition) is 0. The molecule has 0 aromatic heterocycles. The molecule has 122 valence electrons. The van der Waals surface area contributed by atoms with Gasteiger partial charge in [0.2, 0.25) is 0 Å². The molecular weight excluding hydrogens is 284 g/mol. The Morgan fingerprint density at radius 3 is 2.74 bits per heavy atom. The molecule has 0 unspecified atom stereocenters. The number of fused-ring (bicyclic) bond motifs is 5. The van der Waals surface area contributed by atoms with Crippen molar-refractivity contribution < 1.29 is 9.59 Å². The molecule has 0 amide bonds. The zero-order valence-corrected chi connectivity index (χ0v) is 14.4. The van der Waals surface area contributed by atoms with Gasteiger partial charge in [-0.1, -0.05) is 30.2 Å². The van der Waals surface area contributed by atoms with Crippen molar-refractivity contribution in [3.05, 3.63) is 35.5 Å². The number of carbonyl (C=O) groups excluding carboxylic acids is 2. The highest BCUT2D eigenvalue weighted by Gasteiger charge is 2.56. The van der Waals surface area contributed by atoms with Gasteiger partial charge in [0.05, 0.1) is 0 Å². The molecule has 0 N–H and O–H groups in total. The average molecular weight is 310 g/mol. The first-order valence-electron chi connectivity index (χ1n) is 9.01. The molecule has 2 heteroatoms. The van der Waals surface area contributed by atoms with Crippen LogP contribution in [0.25, 0.3) is 0 Å². The van der Waals surface area contributed by atoms with Crippen molar-refractivity contribution in [1.82, 2.24) is 0 Å². The summed E-state index contributed by atoms with van der Waals surface area (Å²) in [7, 11) is 0. The summed E-state index contributed by atoms with van der Waals surface area (Å²) in [6.45, 7) is 6.40. The van der Waals surface area contributed by atoms with Crippen molar-refractivity contribution in [3.8, 4) is 0 Å². The Bertz CT molecular complexity index is 680. The lowest BCUT2D eigenvalue weighted by Crippen LogP contribution is -2.44. The van der Waals surface area contributed by atoms with Crippen molar-refractivity contribution in [1.29, 1.82) is 0 Å². The van der Waals surface area contributed by atoms with E-state index in [1.165, 1.54) is 17.6 Å². The lowest BCUT2D eigenvalue weighted by molar-refractivity contribution is -0.124. The SMILES string of the molecule is CC(=O)[C@H]1CC[C@H]2[C@@H]3CCC4=CC(=O)C=C[C@]4(C)C3=CC[C@]12C. The smallest absolute Gasteiger partial charge is 0.178 e. The second-order valence-corrected chi connectivity index (χ2v) is 8.47. The summed E-state index contributed by atoms with van der Waals surface area (Å²) in [5.74, 6) is 1.95. The Kier molecular flexibility index (Phi) is 3.14. The van der Waals surface area contributed by atoms with Gasteiger partial charge in [-0.05, 0) is 75.4 Å². The molecule has 2 saturated carbocycles. The third-order valence-electron chi connectivity index (χ3n) is 7.44. The highest BCUT2D eigenvalue weighted by atomic mass is 16.1. The van der Waals surface area contributed by atoms with Gasteiger partial charge in [0.25, 0.3) is 0 Å². The molecule has 0 saturated heterocycles. The summed E-state index contributed by atoms with van der Waals surface area (Å²) < 4.78 is 0. The molecule has 0 aliphatic heterocycles. The lowest BCUT2D eigenvalue weighted by Gasteiger charge is -2.52. The van der Waals surface area contributed by atoms with Crippen LogP contribution < -0.4 is 0 Å². The fourth-order valence-corrected chi connectivity index (χ4v) is 6.19. The molecule has 2 nitrogen and oxygen atoms in total. The Hall–Kier alpha value is -1.44. The maximum Gasteiger partial charge on any atom is 0.178 e. The second-order valence-electron chi connectivity index (χ2n) is 8.47. The molecule has 0 spiro atoms. The third kappa shape index (κ3) is 1.93. The minimum absolute atomic E-state index is 0.0630. The van der Waals surface area contributed by atoms with Gasteiger partial charge >= 0.3 is 0 Å². The Labute approximate surface area is 138 Å². The fraction of sp³-hybridized carbons (Fsp3) is 0.619. The van der Waals surface area contributed by atoms with Crippen molar-refractivity contribution in [2.75, 3.05) is 0 Å². The van der Waals surface area contributed by atoms with Crippen LogP contribution >= 0.6 is 0 Å². The summed E-state index contributed by atoms with van der Waals surface area (Å²) in [4.78, 5) is 23.9. The van der Waals surface area contributed by atoms with Crippen LogP contribution in [0.4, 0.5) is 0 Å². The normalized spacial score (nSPS) is 44.8. The first-order valence-corrected chi connectivity index (χ1v) is 9.01. The molecule has 4 rings (SSSR count). The van der Waals surface area contributed by atoms with Crippen LogP contribution in [0.2, 0.25) is 0 Å². The molecule has 0 aromatic carbocycles. The fourth-order valence-electron chi connectivity index (χ4n) is 6.19. The Morgan fingerprint density at radius 1 is 1.22 bits per heavy atom. The molecule has 4 aliphatic rings. The van der Waals surface area contributed by atoms with Crippen LogP contribution in [0.5, 0.6) is 0 Å². The van der Waals surface area contributed by atoms with E-state index in [1.807, 2.05) is 6.08 Å². The van der Waals surface area contributed by atoms with Gasteiger partial charge in [-0.25, -0.2) is 0 Å². The van der Waals surface area contributed by atoms with Crippen molar-refractivity contribution in [3.63, 3.8) is 0 Å². The van der Waals surface area contributed by atoms with E-state index in [0.29, 0.717) is 17.6 Å². The standard InChI is InChI=1S/C21H26O2/c1-13(22)17-6-7-18-16-5-4-14-12-15(23)8-10-20(14,2)19(16)9-11-21(17,18)3/h8-10,12,16-18H,4-7,11H2,1-3H3/t16-,17+,18-,20-,21+/m0/s1. The van der Waals surface area contributed by atoms with Crippen LogP contribution in [0.3, 0.4) is 0 Å². The van der Waals surface area contributed by atoms with Crippen molar-refractivity contribution in [2.45, 2.75) is 52.9 Å². The van der Waals surface area contributed by atoms with Gasteiger partial charge in [0.15, 0.2) is 5.78 Å². The first-order chi connectivity index (χ1) is 10.9. The summed E-state index contributed by atoms with van der Waals surface area (Å²) in [6.07, 6.45) is 13.6. The number of rotatable bonds is 1. The van der Waals surface area contributed by atoms with Crippen molar-refractivity contribution >= 4 is 11.6 Å². The van der Waals surface area contributed by atoms with E-state index in [2.05, 4.69) is 26.0 Å². The van der Waals surface area contributed by atoms with Gasteiger partial charge < -0.3 is 0 Å². The van der Waals surface area contributed by atoms with E-state index in [1.54, 1.807) is 13.0 Å².